The molecule has 0 spiro atoms. The molecule has 254 valence electrons. The molecule has 4 fully saturated rings. The molecule has 0 aromatic carbocycles. The summed E-state index contributed by atoms with van der Waals surface area (Å²) < 4.78 is 21.4. The molecular formula is C35H55NO9. The molecular weight excluding hydrogens is 578 g/mol. The minimum atomic E-state index is -1.59. The summed E-state index contributed by atoms with van der Waals surface area (Å²) in [4.78, 5) is 63.0. The van der Waals surface area contributed by atoms with Gasteiger partial charge in [-0.1, -0.05) is 13.8 Å². The maximum atomic E-state index is 12.9. The minimum absolute atomic E-state index is 0.112. The van der Waals surface area contributed by atoms with Crippen LogP contribution in [0.3, 0.4) is 0 Å². The Kier molecular flexibility index (Phi) is 10.5. The van der Waals surface area contributed by atoms with E-state index >= 15 is 0 Å². The van der Waals surface area contributed by atoms with Gasteiger partial charge in [0, 0.05) is 19.4 Å². The molecule has 0 aromatic heterocycles. The van der Waals surface area contributed by atoms with Gasteiger partial charge < -0.3 is 18.9 Å². The van der Waals surface area contributed by atoms with Crippen molar-refractivity contribution in [3.8, 4) is 0 Å². The SMILES string of the molecule is CC(=O)OCCN(C)CC(=O)OC(C)(C)C(=O)OCC(=O)O[C@]1(C)CC[C@@]2(C)[C@@H](CC[C@@H]3[C@@H]2CC[C@]2(C)[C@@H](C(C)=O)CC[C@@H]32)C1. The zero-order valence-corrected chi connectivity index (χ0v) is 28.7. The van der Waals surface area contributed by atoms with Crippen molar-refractivity contribution < 1.29 is 42.9 Å². The number of carbonyl (C=O) groups excluding carboxylic acids is 5. The summed E-state index contributed by atoms with van der Waals surface area (Å²) in [5.74, 6) is 0.461. The van der Waals surface area contributed by atoms with Crippen LogP contribution in [0.25, 0.3) is 0 Å². The van der Waals surface area contributed by atoms with Crippen LogP contribution in [0.2, 0.25) is 0 Å². The van der Waals surface area contributed by atoms with Gasteiger partial charge in [-0.15, -0.1) is 0 Å². The molecule has 0 amide bonds. The Labute approximate surface area is 268 Å². The van der Waals surface area contributed by atoms with E-state index in [4.69, 9.17) is 18.9 Å². The lowest BCUT2D eigenvalue weighted by atomic mass is 9.44. The Balaban J connectivity index is 1.26. The van der Waals surface area contributed by atoms with Crippen molar-refractivity contribution in [2.24, 2.45) is 40.4 Å². The van der Waals surface area contributed by atoms with Crippen LogP contribution < -0.4 is 0 Å². The van der Waals surface area contributed by atoms with Crippen LogP contribution in [0, 0.1) is 40.4 Å². The number of rotatable bonds is 11. The summed E-state index contributed by atoms with van der Waals surface area (Å²) in [6.45, 7) is 12.5. The number of fused-ring (bicyclic) bond motifs is 5. The van der Waals surface area contributed by atoms with Crippen LogP contribution in [0.5, 0.6) is 0 Å². The standard InChI is InChI=1S/C35H55NO9/c1-22(37)26-11-12-27-25-10-9-24-19-33(5,15-16-34(24,6)28(25)13-14-35(26,27)7)45-30(40)21-43-31(41)32(3,4)44-29(39)20-36(8)17-18-42-23(2)38/h24-28H,9-21H2,1-8H3/t24-,25-,26+,27-,28-,33+,34-,35+/m0/s1. The number of hydrogen-bond donors (Lipinski definition) is 0. The molecule has 0 aromatic rings. The summed E-state index contributed by atoms with van der Waals surface area (Å²) in [6, 6.07) is 0. The molecule has 10 nitrogen and oxygen atoms in total. The maximum Gasteiger partial charge on any atom is 0.350 e. The van der Waals surface area contributed by atoms with Crippen LogP contribution in [0.4, 0.5) is 0 Å². The van der Waals surface area contributed by atoms with Gasteiger partial charge in [0.25, 0.3) is 0 Å². The lowest BCUT2D eigenvalue weighted by molar-refractivity contribution is -0.191. The van der Waals surface area contributed by atoms with Gasteiger partial charge in [0.1, 0.15) is 18.0 Å². The summed E-state index contributed by atoms with van der Waals surface area (Å²) >= 11 is 0. The highest BCUT2D eigenvalue weighted by Crippen LogP contribution is 2.68. The molecule has 0 heterocycles. The number of esters is 4. The van der Waals surface area contributed by atoms with Gasteiger partial charge in [0.15, 0.2) is 6.61 Å². The summed E-state index contributed by atoms with van der Waals surface area (Å²) in [6.07, 6.45) is 9.32. The summed E-state index contributed by atoms with van der Waals surface area (Å²) in [7, 11) is 1.66. The lowest BCUT2D eigenvalue weighted by Crippen LogP contribution is -2.56. The summed E-state index contributed by atoms with van der Waals surface area (Å²) in [5.41, 5.74) is -1.89. The third-order valence-electron chi connectivity index (χ3n) is 12.1. The highest BCUT2D eigenvalue weighted by atomic mass is 16.6. The zero-order valence-electron chi connectivity index (χ0n) is 28.7. The number of hydrogen-bond acceptors (Lipinski definition) is 10. The van der Waals surface area contributed by atoms with E-state index in [1.807, 2.05) is 6.92 Å². The fourth-order valence-corrected chi connectivity index (χ4v) is 9.78. The van der Waals surface area contributed by atoms with Gasteiger partial charge in [0.05, 0.1) is 6.54 Å². The molecule has 0 bridgehead atoms. The highest BCUT2D eigenvalue weighted by Gasteiger charge is 2.62. The van der Waals surface area contributed by atoms with Gasteiger partial charge in [-0.3, -0.25) is 19.3 Å². The molecule has 0 radical (unpaired) electrons. The number of Topliss-reactive ketones (excluding diaryl/α,β-unsaturated/α-hetero) is 1. The zero-order chi connectivity index (χ0) is 33.4. The predicted octanol–water partition coefficient (Wildman–Crippen LogP) is 4.90. The van der Waals surface area contributed by atoms with Crippen molar-refractivity contribution in [2.45, 2.75) is 117 Å². The fourth-order valence-electron chi connectivity index (χ4n) is 9.78. The van der Waals surface area contributed by atoms with E-state index in [1.165, 1.54) is 40.0 Å². The molecule has 10 heteroatoms. The van der Waals surface area contributed by atoms with E-state index < -0.39 is 41.7 Å². The first-order valence-electron chi connectivity index (χ1n) is 16.8. The molecule has 45 heavy (non-hydrogen) atoms. The average Bonchev–Trinajstić information content (AvgIpc) is 3.29. The molecule has 0 unspecified atom stereocenters. The van der Waals surface area contributed by atoms with E-state index in [0.29, 0.717) is 36.0 Å². The van der Waals surface area contributed by atoms with E-state index in [1.54, 1.807) is 18.9 Å². The number of likely N-dealkylation sites (N-methyl/N-ethyl adjacent to an activating group) is 1. The molecule has 4 aliphatic carbocycles. The molecule has 0 saturated heterocycles. The van der Waals surface area contributed by atoms with E-state index in [9.17, 15) is 24.0 Å². The molecule has 8 atom stereocenters. The Morgan fingerprint density at radius 2 is 1.51 bits per heavy atom. The molecule has 4 aliphatic rings. The normalized spacial score (nSPS) is 35.8. The van der Waals surface area contributed by atoms with E-state index in [2.05, 4.69) is 13.8 Å². The van der Waals surface area contributed by atoms with Crippen LogP contribution in [-0.2, 0) is 42.9 Å². The number of nitrogens with zero attached hydrogens (tertiary/aromatic N) is 1. The van der Waals surface area contributed by atoms with E-state index in [0.717, 1.165) is 38.5 Å². The van der Waals surface area contributed by atoms with Crippen molar-refractivity contribution in [3.63, 3.8) is 0 Å². The van der Waals surface area contributed by atoms with Gasteiger partial charge in [0.2, 0.25) is 5.60 Å². The smallest absolute Gasteiger partial charge is 0.350 e. The van der Waals surface area contributed by atoms with Crippen molar-refractivity contribution >= 4 is 29.7 Å². The topological polar surface area (TPSA) is 126 Å². The number of ketones is 1. The molecule has 0 aliphatic heterocycles. The average molecular weight is 634 g/mol. The minimum Gasteiger partial charge on any atom is -0.465 e. The second-order valence-corrected chi connectivity index (χ2v) is 15.7. The van der Waals surface area contributed by atoms with Crippen LogP contribution in [0.15, 0.2) is 0 Å². The van der Waals surface area contributed by atoms with E-state index in [-0.39, 0.29) is 29.9 Å². The Morgan fingerprint density at radius 3 is 2.18 bits per heavy atom. The number of carbonyl (C=O) groups is 5. The predicted molar refractivity (Wildman–Crippen MR) is 166 cm³/mol. The molecule has 4 rings (SSSR count). The fraction of sp³-hybridized carbons (Fsp3) is 0.857. The van der Waals surface area contributed by atoms with Gasteiger partial charge in [-0.2, -0.15) is 0 Å². The number of ether oxygens (including phenoxy) is 4. The summed E-state index contributed by atoms with van der Waals surface area (Å²) in [5, 5.41) is 0. The first-order valence-corrected chi connectivity index (χ1v) is 16.8. The molecule has 4 saturated carbocycles. The Hall–Kier alpha value is -2.49. The van der Waals surface area contributed by atoms with Crippen LogP contribution >= 0.6 is 0 Å². The van der Waals surface area contributed by atoms with Gasteiger partial charge >= 0.3 is 23.9 Å². The van der Waals surface area contributed by atoms with Crippen molar-refractivity contribution in [1.82, 2.24) is 4.90 Å². The highest BCUT2D eigenvalue weighted by molar-refractivity contribution is 5.85. The van der Waals surface area contributed by atoms with Crippen LogP contribution in [0.1, 0.15) is 106 Å². The van der Waals surface area contributed by atoms with Crippen LogP contribution in [-0.4, -0.2) is 79.1 Å². The van der Waals surface area contributed by atoms with Gasteiger partial charge in [-0.05, 0) is 127 Å². The third kappa shape index (κ3) is 7.57. The van der Waals surface area contributed by atoms with Gasteiger partial charge in [-0.25, -0.2) is 9.59 Å². The third-order valence-corrected chi connectivity index (χ3v) is 12.1. The monoisotopic (exact) mass is 633 g/mol. The first-order chi connectivity index (χ1) is 20.9. The first kappa shape index (κ1) is 35.4. The quantitative estimate of drug-likeness (QED) is 0.229. The van der Waals surface area contributed by atoms with Crippen molar-refractivity contribution in [1.29, 1.82) is 0 Å². The molecule has 0 N–H and O–H groups in total. The second kappa shape index (κ2) is 13.3. The second-order valence-electron chi connectivity index (χ2n) is 15.7. The van der Waals surface area contributed by atoms with Crippen molar-refractivity contribution in [3.05, 3.63) is 0 Å². The maximum absolute atomic E-state index is 12.9. The largest absolute Gasteiger partial charge is 0.465 e. The van der Waals surface area contributed by atoms with Crippen molar-refractivity contribution in [2.75, 3.05) is 33.4 Å². The Morgan fingerprint density at radius 1 is 0.822 bits per heavy atom. The lowest BCUT2D eigenvalue weighted by Gasteiger charge is -2.62. The Bertz CT molecular complexity index is 1170.